The fourth-order valence-electron chi connectivity index (χ4n) is 4.21. The molecule has 2 aliphatic carbocycles. The van der Waals surface area contributed by atoms with E-state index in [1.54, 1.807) is 13.1 Å². The number of amides is 1. The van der Waals surface area contributed by atoms with Crippen molar-refractivity contribution in [2.24, 2.45) is 0 Å². The normalized spacial score (nSPS) is 15.6. The lowest BCUT2D eigenvalue weighted by atomic mass is 9.99. The smallest absolute Gasteiger partial charge is 0.412 e. The fourth-order valence-corrected chi connectivity index (χ4v) is 4.21. The first-order valence-corrected chi connectivity index (χ1v) is 9.65. The van der Waals surface area contributed by atoms with E-state index >= 15 is 0 Å². The minimum Gasteiger partial charge on any atom is -0.478 e. The molecule has 4 rings (SSSR count). The van der Waals surface area contributed by atoms with Crippen LogP contribution in [-0.4, -0.2) is 33.2 Å². The number of hydrogen-bond acceptors (Lipinski definition) is 5. The first kappa shape index (κ1) is 18.4. The number of carbonyl (C=O) groups is 2. The number of anilines is 1. The van der Waals surface area contributed by atoms with Gasteiger partial charge in [-0.15, -0.1) is 0 Å². The van der Waals surface area contributed by atoms with Crippen LogP contribution < -0.4 is 5.32 Å². The highest BCUT2D eigenvalue weighted by Gasteiger charge is 2.28. The predicted octanol–water partition coefficient (Wildman–Crippen LogP) is 3.01. The van der Waals surface area contributed by atoms with Crippen LogP contribution in [0, 0.1) is 6.92 Å². The number of aryl methyl sites for hydroxylation is 3. The Morgan fingerprint density at radius 3 is 2.43 bits per heavy atom. The number of fused-ring (bicyclic) bond motifs is 2. The molecule has 0 bridgehead atoms. The van der Waals surface area contributed by atoms with E-state index in [9.17, 15) is 14.7 Å². The molecule has 1 amide bonds. The first-order chi connectivity index (χ1) is 13.5. The lowest BCUT2D eigenvalue weighted by molar-refractivity contribution is -0.146. The summed E-state index contributed by atoms with van der Waals surface area (Å²) in [7, 11) is 0. The van der Waals surface area contributed by atoms with Gasteiger partial charge in [0.05, 0.1) is 17.1 Å². The minimum atomic E-state index is -1.32. The molecule has 1 atom stereocenters. The third kappa shape index (κ3) is 3.69. The summed E-state index contributed by atoms with van der Waals surface area (Å²) in [4.78, 5) is 32.4. The molecular weight excluding hydrogens is 358 g/mol. The summed E-state index contributed by atoms with van der Waals surface area (Å²) < 4.78 is 5.26. The molecule has 7 heteroatoms. The van der Waals surface area contributed by atoms with Crippen LogP contribution in [0.4, 0.5) is 10.5 Å². The van der Waals surface area contributed by atoms with Gasteiger partial charge in [0.1, 0.15) is 0 Å². The Bertz CT molecular complexity index is 909. The second-order valence-electron chi connectivity index (χ2n) is 7.45. The summed E-state index contributed by atoms with van der Waals surface area (Å²) in [5.74, 6) is -1.21. The summed E-state index contributed by atoms with van der Waals surface area (Å²) in [6, 6.07) is 2.28. The number of carbonyl (C=O) groups excluding carboxylic acids is 1. The largest absolute Gasteiger partial charge is 0.478 e. The van der Waals surface area contributed by atoms with Gasteiger partial charge in [0.15, 0.2) is 0 Å². The second-order valence-corrected chi connectivity index (χ2v) is 7.45. The zero-order chi connectivity index (χ0) is 19.7. The Labute approximate surface area is 163 Å². The van der Waals surface area contributed by atoms with Gasteiger partial charge in [0.25, 0.3) is 0 Å². The van der Waals surface area contributed by atoms with Crippen molar-refractivity contribution < 1.29 is 19.4 Å². The van der Waals surface area contributed by atoms with Gasteiger partial charge in [-0.25, -0.2) is 9.59 Å². The third-order valence-electron chi connectivity index (χ3n) is 5.42. The summed E-state index contributed by atoms with van der Waals surface area (Å²) in [5, 5.41) is 12.3. The maximum Gasteiger partial charge on any atom is 0.412 e. The van der Waals surface area contributed by atoms with Crippen LogP contribution in [0.15, 0.2) is 18.5 Å². The van der Waals surface area contributed by atoms with Crippen molar-refractivity contribution in [3.8, 4) is 0 Å². The van der Waals surface area contributed by atoms with Crippen LogP contribution in [0.2, 0.25) is 0 Å². The molecule has 1 heterocycles. The van der Waals surface area contributed by atoms with Crippen molar-refractivity contribution in [1.29, 1.82) is 0 Å². The van der Waals surface area contributed by atoms with Crippen molar-refractivity contribution in [2.75, 3.05) is 5.32 Å². The molecule has 1 aromatic heterocycles. The van der Waals surface area contributed by atoms with Gasteiger partial charge in [0, 0.05) is 18.8 Å². The Morgan fingerprint density at radius 2 is 1.82 bits per heavy atom. The molecule has 28 heavy (non-hydrogen) atoms. The Morgan fingerprint density at radius 1 is 1.14 bits per heavy atom. The molecule has 0 aliphatic heterocycles. The monoisotopic (exact) mass is 381 g/mol. The van der Waals surface area contributed by atoms with E-state index in [-0.39, 0.29) is 6.42 Å². The van der Waals surface area contributed by atoms with Crippen LogP contribution >= 0.6 is 0 Å². The molecule has 1 unspecified atom stereocenters. The van der Waals surface area contributed by atoms with Crippen LogP contribution in [0.25, 0.3) is 0 Å². The van der Waals surface area contributed by atoms with Crippen molar-refractivity contribution in [3.63, 3.8) is 0 Å². The molecule has 1 aromatic carbocycles. The maximum absolute atomic E-state index is 12.6. The highest BCUT2D eigenvalue weighted by molar-refractivity contribution is 5.90. The van der Waals surface area contributed by atoms with E-state index in [1.165, 1.54) is 28.5 Å². The quantitative estimate of drug-likeness (QED) is 0.826. The van der Waals surface area contributed by atoms with Crippen LogP contribution in [0.5, 0.6) is 0 Å². The highest BCUT2D eigenvalue weighted by Crippen LogP contribution is 2.38. The van der Waals surface area contributed by atoms with Crippen LogP contribution in [-0.2, 0) is 41.6 Å². The SMILES string of the molecule is Cc1cncc(CC(OC(=O)Nc2c3c(cc4c2CCC4)CCC3)C(=O)O)n1. The van der Waals surface area contributed by atoms with Crippen LogP contribution in [0.3, 0.4) is 0 Å². The first-order valence-electron chi connectivity index (χ1n) is 9.65. The topological polar surface area (TPSA) is 101 Å². The number of carboxylic acids is 1. The van der Waals surface area contributed by atoms with Gasteiger partial charge < -0.3 is 9.84 Å². The van der Waals surface area contributed by atoms with Crippen molar-refractivity contribution >= 4 is 17.7 Å². The number of benzene rings is 1. The standard InChI is InChI=1S/C21H23N3O4/c1-12-10-22-11-15(23-12)9-18(20(25)26)28-21(27)24-19-16-6-2-4-13(16)8-14-5-3-7-17(14)19/h8,10-11,18H,2-7,9H2,1H3,(H,24,27)(H,25,26). The highest BCUT2D eigenvalue weighted by atomic mass is 16.6. The van der Waals surface area contributed by atoms with Crippen LogP contribution in [0.1, 0.15) is 46.5 Å². The average molecular weight is 381 g/mol. The Kier molecular flexibility index (Phi) is 4.98. The summed E-state index contributed by atoms with van der Waals surface area (Å²) >= 11 is 0. The molecule has 0 spiro atoms. The molecular formula is C21H23N3O4. The Hall–Kier alpha value is -2.96. The predicted molar refractivity (Wildman–Crippen MR) is 102 cm³/mol. The van der Waals surface area contributed by atoms with E-state index in [0.29, 0.717) is 11.4 Å². The molecule has 0 saturated carbocycles. The minimum absolute atomic E-state index is 0.0254. The van der Waals surface area contributed by atoms with E-state index in [4.69, 9.17) is 4.74 Å². The molecule has 0 saturated heterocycles. The van der Waals surface area contributed by atoms with E-state index in [0.717, 1.165) is 44.2 Å². The molecule has 2 aromatic rings. The molecule has 2 aliphatic rings. The number of hydrogen-bond donors (Lipinski definition) is 2. The molecule has 7 nitrogen and oxygen atoms in total. The van der Waals surface area contributed by atoms with E-state index in [2.05, 4.69) is 21.4 Å². The van der Waals surface area contributed by atoms with Crippen molar-refractivity contribution in [3.05, 3.63) is 52.1 Å². The van der Waals surface area contributed by atoms with E-state index in [1.807, 2.05) is 0 Å². The zero-order valence-electron chi connectivity index (χ0n) is 15.8. The fraction of sp³-hybridized carbons (Fsp3) is 0.429. The maximum atomic E-state index is 12.6. The third-order valence-corrected chi connectivity index (χ3v) is 5.42. The zero-order valence-corrected chi connectivity index (χ0v) is 15.8. The number of carboxylic acid groups (broad SMARTS) is 1. The number of rotatable bonds is 5. The summed E-state index contributed by atoms with van der Waals surface area (Å²) in [6.07, 6.45) is 7.05. The lowest BCUT2D eigenvalue weighted by Gasteiger charge is -2.18. The lowest BCUT2D eigenvalue weighted by Crippen LogP contribution is -2.32. The summed E-state index contributed by atoms with van der Waals surface area (Å²) in [5.41, 5.74) is 6.93. The summed E-state index contributed by atoms with van der Waals surface area (Å²) in [6.45, 7) is 1.77. The number of aromatic nitrogens is 2. The van der Waals surface area contributed by atoms with Gasteiger partial charge in [-0.05, 0) is 67.7 Å². The van der Waals surface area contributed by atoms with Gasteiger partial charge in [-0.2, -0.15) is 0 Å². The van der Waals surface area contributed by atoms with E-state index < -0.39 is 18.2 Å². The number of aliphatic carboxylic acids is 1. The van der Waals surface area contributed by atoms with Gasteiger partial charge >= 0.3 is 12.1 Å². The molecule has 146 valence electrons. The van der Waals surface area contributed by atoms with Crippen molar-refractivity contribution in [1.82, 2.24) is 9.97 Å². The average Bonchev–Trinajstić information content (AvgIpc) is 3.30. The second kappa shape index (κ2) is 7.58. The van der Waals surface area contributed by atoms with Gasteiger partial charge in [-0.3, -0.25) is 15.3 Å². The van der Waals surface area contributed by atoms with Crippen molar-refractivity contribution in [2.45, 2.75) is 58.0 Å². The van der Waals surface area contributed by atoms with Gasteiger partial charge in [-0.1, -0.05) is 6.07 Å². The molecule has 0 radical (unpaired) electrons. The number of nitrogens with zero attached hydrogens (tertiary/aromatic N) is 2. The number of ether oxygens (including phenoxy) is 1. The Balaban J connectivity index is 1.51. The van der Waals surface area contributed by atoms with Gasteiger partial charge in [0.2, 0.25) is 6.10 Å². The number of nitrogens with one attached hydrogen (secondary N) is 1. The molecule has 2 N–H and O–H groups in total. The molecule has 0 fully saturated rings.